The van der Waals surface area contributed by atoms with Crippen molar-refractivity contribution in [1.29, 1.82) is 0 Å². The molecule has 1 rings (SSSR count). The van der Waals surface area contributed by atoms with Crippen LogP contribution in [0.5, 0.6) is 11.5 Å². The van der Waals surface area contributed by atoms with Crippen LogP contribution in [-0.2, 0) is 9.53 Å². The van der Waals surface area contributed by atoms with Crippen LogP contribution in [0.3, 0.4) is 0 Å². The molecule has 0 aliphatic rings. The second-order valence-electron chi connectivity index (χ2n) is 4.92. The van der Waals surface area contributed by atoms with Crippen LogP contribution < -0.4 is 9.47 Å². The van der Waals surface area contributed by atoms with Crippen molar-refractivity contribution in [3.63, 3.8) is 0 Å². The number of carbonyl (C=O) groups excluding carboxylic acids is 1. The van der Waals surface area contributed by atoms with Gasteiger partial charge in [-0.05, 0) is 37.6 Å². The van der Waals surface area contributed by atoms with Gasteiger partial charge in [-0.3, -0.25) is 0 Å². The van der Waals surface area contributed by atoms with Crippen molar-refractivity contribution in [2.45, 2.75) is 44.7 Å². The second-order valence-corrected chi connectivity index (χ2v) is 4.92. The lowest BCUT2D eigenvalue weighted by atomic mass is 10.0. The van der Waals surface area contributed by atoms with Crippen molar-refractivity contribution in [3.8, 4) is 11.5 Å². The summed E-state index contributed by atoms with van der Waals surface area (Å²) >= 11 is 0. The first kappa shape index (κ1) is 19.2. The molecule has 0 aromatic heterocycles. The minimum Gasteiger partial charge on any atom is -0.497 e. The lowest BCUT2D eigenvalue weighted by Crippen LogP contribution is -2.50. The van der Waals surface area contributed by atoms with E-state index in [0.29, 0.717) is 11.5 Å². The third-order valence-electron chi connectivity index (χ3n) is 3.32. The molecule has 23 heavy (non-hydrogen) atoms. The van der Waals surface area contributed by atoms with Gasteiger partial charge in [0.25, 0.3) is 0 Å². The van der Waals surface area contributed by atoms with E-state index in [2.05, 4.69) is 4.74 Å². The number of aliphatic hydroxyl groups excluding tert-OH is 3. The van der Waals surface area contributed by atoms with Gasteiger partial charge in [-0.25, -0.2) is 4.79 Å². The summed E-state index contributed by atoms with van der Waals surface area (Å²) < 4.78 is 15.3. The number of benzene rings is 1. The number of hydrogen-bond acceptors (Lipinski definition) is 7. The van der Waals surface area contributed by atoms with E-state index < -0.39 is 30.4 Å². The zero-order chi connectivity index (χ0) is 17.4. The molecule has 130 valence electrons. The Morgan fingerprint density at radius 2 is 1.65 bits per heavy atom. The number of esters is 1. The number of rotatable bonds is 9. The molecular weight excluding hydrogens is 304 g/mol. The third-order valence-corrected chi connectivity index (χ3v) is 3.32. The molecule has 7 heteroatoms. The number of ether oxygens (including phenoxy) is 3. The summed E-state index contributed by atoms with van der Waals surface area (Å²) in [4.78, 5) is 11.5. The van der Waals surface area contributed by atoms with E-state index in [1.54, 1.807) is 38.1 Å². The van der Waals surface area contributed by atoms with Crippen molar-refractivity contribution in [1.82, 2.24) is 0 Å². The van der Waals surface area contributed by atoms with E-state index in [1.807, 2.05) is 0 Å². The summed E-state index contributed by atoms with van der Waals surface area (Å²) in [5.74, 6) is 0.0158. The first-order chi connectivity index (χ1) is 10.9. The SMILES string of the molecule is CCOC(=O)[C@@H](O)[C@H](O)[C@H](Oc1ccc(OC)cc1)[C@@H](O)CC. The number of aliphatic hydroxyl groups is 3. The molecule has 0 spiro atoms. The van der Waals surface area contributed by atoms with E-state index in [1.165, 1.54) is 7.11 Å². The largest absolute Gasteiger partial charge is 0.497 e. The Morgan fingerprint density at radius 1 is 1.09 bits per heavy atom. The second kappa shape index (κ2) is 9.34. The Morgan fingerprint density at radius 3 is 2.13 bits per heavy atom. The maximum atomic E-state index is 11.5. The van der Waals surface area contributed by atoms with Crippen LogP contribution in [-0.4, -0.2) is 59.4 Å². The Kier molecular flexibility index (Phi) is 7.80. The highest BCUT2D eigenvalue weighted by Gasteiger charge is 2.37. The van der Waals surface area contributed by atoms with Crippen molar-refractivity contribution in [3.05, 3.63) is 24.3 Å². The molecule has 1 aromatic carbocycles. The standard InChI is InChI=1S/C16H24O7/c1-4-12(17)15(13(18)14(19)16(20)22-5-2)23-11-8-6-10(21-3)7-9-11/h6-9,12-15,17-19H,4-5H2,1-3H3/t12-,13-,14-,15+/m0/s1. The Labute approximate surface area is 135 Å². The molecule has 0 unspecified atom stereocenters. The highest BCUT2D eigenvalue weighted by atomic mass is 16.6. The zero-order valence-corrected chi connectivity index (χ0v) is 13.5. The molecule has 7 nitrogen and oxygen atoms in total. The van der Waals surface area contributed by atoms with Gasteiger partial charge in [0.1, 0.15) is 17.6 Å². The molecule has 0 saturated carbocycles. The average molecular weight is 328 g/mol. The molecule has 0 bridgehead atoms. The Bertz CT molecular complexity index is 474. The lowest BCUT2D eigenvalue weighted by molar-refractivity contribution is -0.166. The normalized spacial score (nSPS) is 16.1. The highest BCUT2D eigenvalue weighted by molar-refractivity contribution is 5.75. The number of methoxy groups -OCH3 is 1. The van der Waals surface area contributed by atoms with Crippen LogP contribution in [0, 0.1) is 0 Å². The quantitative estimate of drug-likeness (QED) is 0.567. The van der Waals surface area contributed by atoms with E-state index >= 15 is 0 Å². The monoisotopic (exact) mass is 328 g/mol. The summed E-state index contributed by atoms with van der Waals surface area (Å²) in [6, 6.07) is 6.49. The Balaban J connectivity index is 2.88. The molecule has 3 N–H and O–H groups in total. The van der Waals surface area contributed by atoms with E-state index in [0.717, 1.165) is 0 Å². The molecular formula is C16H24O7. The van der Waals surface area contributed by atoms with Crippen LogP contribution in [0.15, 0.2) is 24.3 Å². The van der Waals surface area contributed by atoms with Crippen LogP contribution >= 0.6 is 0 Å². The van der Waals surface area contributed by atoms with Gasteiger partial charge in [-0.15, -0.1) is 0 Å². The van der Waals surface area contributed by atoms with E-state index in [9.17, 15) is 20.1 Å². The fourth-order valence-corrected chi connectivity index (χ4v) is 1.97. The van der Waals surface area contributed by atoms with Crippen LogP contribution in [0.4, 0.5) is 0 Å². The van der Waals surface area contributed by atoms with Crippen molar-refractivity contribution in [2.75, 3.05) is 13.7 Å². The fraction of sp³-hybridized carbons (Fsp3) is 0.562. The third kappa shape index (κ3) is 5.38. The highest BCUT2D eigenvalue weighted by Crippen LogP contribution is 2.22. The van der Waals surface area contributed by atoms with Crippen LogP contribution in [0.2, 0.25) is 0 Å². The number of hydrogen-bond donors (Lipinski definition) is 3. The molecule has 0 heterocycles. The minimum atomic E-state index is -1.81. The summed E-state index contributed by atoms with van der Waals surface area (Å²) in [7, 11) is 1.53. The van der Waals surface area contributed by atoms with Gasteiger partial charge >= 0.3 is 5.97 Å². The van der Waals surface area contributed by atoms with Crippen LogP contribution in [0.25, 0.3) is 0 Å². The van der Waals surface area contributed by atoms with Crippen molar-refractivity contribution < 1.29 is 34.3 Å². The van der Waals surface area contributed by atoms with Gasteiger partial charge in [-0.1, -0.05) is 6.92 Å². The molecule has 1 aromatic rings. The van der Waals surface area contributed by atoms with Crippen LogP contribution in [0.1, 0.15) is 20.3 Å². The molecule has 0 fully saturated rings. The smallest absolute Gasteiger partial charge is 0.337 e. The van der Waals surface area contributed by atoms with Gasteiger partial charge in [0.05, 0.1) is 19.8 Å². The topological polar surface area (TPSA) is 105 Å². The maximum absolute atomic E-state index is 11.5. The van der Waals surface area contributed by atoms with Gasteiger partial charge < -0.3 is 29.5 Å². The summed E-state index contributed by atoms with van der Waals surface area (Å²) in [5.41, 5.74) is 0. The van der Waals surface area contributed by atoms with Gasteiger partial charge in [0.15, 0.2) is 12.2 Å². The minimum absolute atomic E-state index is 0.0724. The predicted molar refractivity (Wildman–Crippen MR) is 82.4 cm³/mol. The predicted octanol–water partition coefficient (Wildman–Crippen LogP) is 0.498. The molecule has 0 amide bonds. The van der Waals surface area contributed by atoms with Gasteiger partial charge in [0, 0.05) is 0 Å². The summed E-state index contributed by atoms with van der Waals surface area (Å²) in [6.45, 7) is 3.35. The van der Waals surface area contributed by atoms with Crippen molar-refractivity contribution in [2.24, 2.45) is 0 Å². The van der Waals surface area contributed by atoms with E-state index in [-0.39, 0.29) is 13.0 Å². The average Bonchev–Trinajstić information content (AvgIpc) is 2.58. The summed E-state index contributed by atoms with van der Waals surface area (Å²) in [5, 5.41) is 30.1. The first-order valence-corrected chi connectivity index (χ1v) is 7.46. The Hall–Kier alpha value is -1.83. The first-order valence-electron chi connectivity index (χ1n) is 7.46. The number of carbonyl (C=O) groups is 1. The fourth-order valence-electron chi connectivity index (χ4n) is 1.97. The molecule has 4 atom stereocenters. The van der Waals surface area contributed by atoms with Gasteiger partial charge in [-0.2, -0.15) is 0 Å². The molecule has 0 aliphatic carbocycles. The van der Waals surface area contributed by atoms with Gasteiger partial charge in [0.2, 0.25) is 0 Å². The molecule has 0 aliphatic heterocycles. The summed E-state index contributed by atoms with van der Waals surface area (Å²) in [6.07, 6.45) is -5.43. The lowest BCUT2D eigenvalue weighted by Gasteiger charge is -2.29. The molecule has 0 saturated heterocycles. The maximum Gasteiger partial charge on any atom is 0.337 e. The van der Waals surface area contributed by atoms with Crippen molar-refractivity contribution >= 4 is 5.97 Å². The zero-order valence-electron chi connectivity index (χ0n) is 13.5. The van der Waals surface area contributed by atoms with E-state index in [4.69, 9.17) is 9.47 Å². The molecule has 0 radical (unpaired) electrons.